The number of Topliss-reactive ketones (excluding diaryl/α,β-unsaturated/α-hetero) is 2. The molecule has 0 saturated carbocycles. The van der Waals surface area contributed by atoms with Gasteiger partial charge in [0.25, 0.3) is 5.91 Å². The van der Waals surface area contributed by atoms with Crippen LogP contribution in [0.5, 0.6) is 5.75 Å². The first-order valence-electron chi connectivity index (χ1n) is 13.5. The maximum Gasteiger partial charge on any atom is 0.262 e. The highest BCUT2D eigenvalue weighted by atomic mass is 79.9. The van der Waals surface area contributed by atoms with Crippen LogP contribution in [0.1, 0.15) is 70.4 Å². The number of benzene rings is 2. The van der Waals surface area contributed by atoms with Gasteiger partial charge in [-0.3, -0.25) is 14.4 Å². The molecule has 0 saturated heterocycles. The number of hydrogen-bond donors (Lipinski definition) is 2. The van der Waals surface area contributed by atoms with Crippen molar-refractivity contribution in [2.24, 2.45) is 10.8 Å². The molecule has 8 heteroatoms. The molecular formula is C32H34Br2N2O4. The molecule has 1 aliphatic heterocycles. The largest absolute Gasteiger partial charge is 0.481 e. The first-order chi connectivity index (χ1) is 18.7. The molecule has 0 aromatic heterocycles. The summed E-state index contributed by atoms with van der Waals surface area (Å²) in [7, 11) is 0. The van der Waals surface area contributed by atoms with Crippen molar-refractivity contribution in [3.8, 4) is 5.75 Å². The van der Waals surface area contributed by atoms with Gasteiger partial charge in [0.1, 0.15) is 5.75 Å². The van der Waals surface area contributed by atoms with E-state index < -0.39 is 5.92 Å². The molecule has 3 aliphatic rings. The van der Waals surface area contributed by atoms with E-state index in [2.05, 4.69) is 70.2 Å². The van der Waals surface area contributed by atoms with Gasteiger partial charge in [0.2, 0.25) is 0 Å². The lowest BCUT2D eigenvalue weighted by Crippen LogP contribution is -2.42. The second-order valence-corrected chi connectivity index (χ2v) is 14.4. The minimum absolute atomic E-state index is 0.0771. The van der Waals surface area contributed by atoms with E-state index in [-0.39, 0.29) is 34.9 Å². The molecule has 2 aliphatic carbocycles. The number of dihydropyridines is 1. The zero-order valence-electron chi connectivity index (χ0n) is 23.5. The Bertz CT molecular complexity index is 1410. The topological polar surface area (TPSA) is 84.5 Å². The van der Waals surface area contributed by atoms with Crippen molar-refractivity contribution in [1.29, 1.82) is 0 Å². The Morgan fingerprint density at radius 1 is 0.900 bits per heavy atom. The van der Waals surface area contributed by atoms with Crippen LogP contribution < -0.4 is 15.4 Å². The van der Waals surface area contributed by atoms with E-state index in [0.717, 1.165) is 35.4 Å². The number of amides is 1. The second-order valence-electron chi connectivity index (χ2n) is 12.7. The maximum absolute atomic E-state index is 13.6. The summed E-state index contributed by atoms with van der Waals surface area (Å²) >= 11 is 7.26. The molecule has 0 bridgehead atoms. The van der Waals surface area contributed by atoms with Gasteiger partial charge in [-0.15, -0.1) is 0 Å². The number of carbonyl (C=O) groups excluding carboxylic acids is 3. The van der Waals surface area contributed by atoms with Crippen LogP contribution in [-0.4, -0.2) is 24.1 Å². The molecule has 210 valence electrons. The molecule has 0 spiro atoms. The maximum atomic E-state index is 13.6. The lowest BCUT2D eigenvalue weighted by Gasteiger charge is -2.44. The van der Waals surface area contributed by atoms with Gasteiger partial charge >= 0.3 is 0 Å². The van der Waals surface area contributed by atoms with Gasteiger partial charge in [0.15, 0.2) is 18.2 Å². The fourth-order valence-electron chi connectivity index (χ4n) is 6.08. The highest BCUT2D eigenvalue weighted by molar-refractivity contribution is 9.11. The van der Waals surface area contributed by atoms with E-state index in [4.69, 9.17) is 4.74 Å². The zero-order valence-corrected chi connectivity index (χ0v) is 26.6. The van der Waals surface area contributed by atoms with Crippen molar-refractivity contribution >= 4 is 55.0 Å². The number of hydrogen-bond acceptors (Lipinski definition) is 5. The smallest absolute Gasteiger partial charge is 0.262 e. The van der Waals surface area contributed by atoms with Crippen molar-refractivity contribution in [1.82, 2.24) is 5.32 Å². The van der Waals surface area contributed by atoms with Gasteiger partial charge < -0.3 is 15.4 Å². The van der Waals surface area contributed by atoms with Crippen LogP contribution in [0.15, 0.2) is 67.9 Å². The van der Waals surface area contributed by atoms with Crippen molar-refractivity contribution < 1.29 is 19.1 Å². The number of aryl methyl sites for hydroxylation is 1. The van der Waals surface area contributed by atoms with Crippen LogP contribution in [0.3, 0.4) is 0 Å². The van der Waals surface area contributed by atoms with E-state index in [0.29, 0.717) is 44.4 Å². The fraction of sp³-hybridized carbons (Fsp3) is 0.406. The average Bonchev–Trinajstić information content (AvgIpc) is 2.82. The third-order valence-electron chi connectivity index (χ3n) is 7.76. The number of rotatable bonds is 5. The monoisotopic (exact) mass is 668 g/mol. The number of anilines is 1. The number of nitrogens with one attached hydrogen (secondary N) is 2. The van der Waals surface area contributed by atoms with Gasteiger partial charge in [0.05, 0.1) is 8.95 Å². The van der Waals surface area contributed by atoms with Crippen LogP contribution in [0.4, 0.5) is 5.69 Å². The summed E-state index contributed by atoms with van der Waals surface area (Å²) in [6, 6.07) is 11.4. The Balaban J connectivity index is 1.47. The van der Waals surface area contributed by atoms with E-state index in [9.17, 15) is 14.4 Å². The van der Waals surface area contributed by atoms with Gasteiger partial charge in [-0.1, -0.05) is 45.4 Å². The molecule has 1 heterocycles. The molecule has 2 aromatic carbocycles. The van der Waals surface area contributed by atoms with Crippen molar-refractivity contribution in [3.63, 3.8) is 0 Å². The predicted molar refractivity (Wildman–Crippen MR) is 163 cm³/mol. The lowest BCUT2D eigenvalue weighted by molar-refractivity contribution is -0.119. The van der Waals surface area contributed by atoms with Gasteiger partial charge in [0, 0.05) is 47.0 Å². The average molecular weight is 670 g/mol. The lowest BCUT2D eigenvalue weighted by atomic mass is 9.64. The zero-order chi connectivity index (χ0) is 29.0. The molecule has 0 unspecified atom stereocenters. The standard InChI is InChI=1S/C32H34Br2N2O4/c1-17-6-8-19(9-7-17)35-26(39)16-40-30-20(33)10-18(11-21(30)34)27-28-22(12-31(2,3)14-24(28)37)36-23-13-32(4,5)15-25(38)29(23)27/h6-11,27,36H,12-16H2,1-5H3,(H,35,39). The summed E-state index contributed by atoms with van der Waals surface area (Å²) in [4.78, 5) is 39.7. The second kappa shape index (κ2) is 10.6. The van der Waals surface area contributed by atoms with Crippen LogP contribution in [0.2, 0.25) is 0 Å². The molecule has 2 N–H and O–H groups in total. The summed E-state index contributed by atoms with van der Waals surface area (Å²) < 4.78 is 7.17. The van der Waals surface area contributed by atoms with Gasteiger partial charge in [-0.2, -0.15) is 0 Å². The van der Waals surface area contributed by atoms with E-state index in [1.165, 1.54) is 0 Å². The first-order valence-corrected chi connectivity index (χ1v) is 15.1. The van der Waals surface area contributed by atoms with Crippen molar-refractivity contribution in [3.05, 3.63) is 79.0 Å². The highest BCUT2D eigenvalue weighted by Crippen LogP contribution is 2.52. The number of ketones is 2. The van der Waals surface area contributed by atoms with Crippen LogP contribution in [0.25, 0.3) is 0 Å². The minimum Gasteiger partial charge on any atom is -0.481 e. The molecule has 5 rings (SSSR count). The van der Waals surface area contributed by atoms with Crippen LogP contribution >= 0.6 is 31.9 Å². The normalized spacial score (nSPS) is 20.1. The Morgan fingerprint density at radius 2 is 1.40 bits per heavy atom. The Morgan fingerprint density at radius 3 is 1.90 bits per heavy atom. The number of halogens is 2. The van der Waals surface area contributed by atoms with Crippen molar-refractivity contribution in [2.75, 3.05) is 11.9 Å². The Kier molecular flexibility index (Phi) is 7.64. The SMILES string of the molecule is Cc1ccc(NC(=O)COc2c(Br)cc(C3C4=C(CC(C)(C)CC4=O)NC4=C3C(=O)CC(C)(C)C4)cc2Br)cc1. The van der Waals surface area contributed by atoms with Crippen molar-refractivity contribution in [2.45, 2.75) is 66.2 Å². The van der Waals surface area contributed by atoms with Crippen LogP contribution in [-0.2, 0) is 14.4 Å². The predicted octanol–water partition coefficient (Wildman–Crippen LogP) is 7.51. The van der Waals surface area contributed by atoms with Gasteiger partial charge in [-0.25, -0.2) is 0 Å². The number of carbonyl (C=O) groups is 3. The minimum atomic E-state index is -0.454. The van der Waals surface area contributed by atoms with E-state index in [1.807, 2.05) is 43.3 Å². The quantitative estimate of drug-likeness (QED) is 0.344. The molecule has 1 amide bonds. The third kappa shape index (κ3) is 5.84. The molecular weight excluding hydrogens is 636 g/mol. The molecule has 0 atom stereocenters. The number of allylic oxidation sites excluding steroid dienone is 4. The molecule has 0 fully saturated rings. The summed E-state index contributed by atoms with van der Waals surface area (Å²) in [5.74, 6) is -0.0978. The highest BCUT2D eigenvalue weighted by Gasteiger charge is 2.46. The summed E-state index contributed by atoms with van der Waals surface area (Å²) in [5, 5.41) is 6.39. The first kappa shape index (κ1) is 28.8. The third-order valence-corrected chi connectivity index (χ3v) is 8.93. The fourth-order valence-corrected chi connectivity index (χ4v) is 7.53. The molecule has 0 radical (unpaired) electrons. The van der Waals surface area contributed by atoms with Crippen LogP contribution in [0, 0.1) is 17.8 Å². The summed E-state index contributed by atoms with van der Waals surface area (Å²) in [6.07, 6.45) is 2.36. The van der Waals surface area contributed by atoms with E-state index in [1.54, 1.807) is 0 Å². The summed E-state index contributed by atoms with van der Waals surface area (Å²) in [5.41, 5.74) is 5.57. The molecule has 40 heavy (non-hydrogen) atoms. The number of ether oxygens (including phenoxy) is 1. The molecule has 2 aromatic rings. The van der Waals surface area contributed by atoms with Gasteiger partial charge in [-0.05, 0) is 92.3 Å². The summed E-state index contributed by atoms with van der Waals surface area (Å²) in [6.45, 7) is 10.3. The molecule has 6 nitrogen and oxygen atoms in total. The van der Waals surface area contributed by atoms with E-state index >= 15 is 0 Å². The Labute approximate surface area is 252 Å². The Hall–Kier alpha value is -2.71.